The Morgan fingerprint density at radius 1 is 1.47 bits per heavy atom. The molecule has 2 aromatic rings. The fourth-order valence-electron chi connectivity index (χ4n) is 1.57. The third-order valence-corrected chi connectivity index (χ3v) is 2.64. The number of H-pyrrole nitrogens is 1. The van der Waals surface area contributed by atoms with Crippen molar-refractivity contribution < 1.29 is 4.79 Å². The van der Waals surface area contributed by atoms with Crippen LogP contribution in [-0.4, -0.2) is 20.7 Å². The minimum atomic E-state index is -0.479. The predicted octanol–water partition coefficient (Wildman–Crippen LogP) is 2.50. The van der Waals surface area contributed by atoms with E-state index in [0.29, 0.717) is 5.82 Å². The topological polar surface area (TPSA) is 74.5 Å². The summed E-state index contributed by atoms with van der Waals surface area (Å²) in [6.07, 6.45) is 1.53. The predicted molar refractivity (Wildman–Crippen MR) is 72.8 cm³/mol. The van der Waals surface area contributed by atoms with Crippen molar-refractivity contribution in [3.63, 3.8) is 0 Å². The molecule has 0 spiro atoms. The average molecular weight is 270 g/mol. The van der Waals surface area contributed by atoms with Crippen LogP contribution in [0.1, 0.15) is 16.2 Å². The van der Waals surface area contributed by atoms with Gasteiger partial charge in [-0.15, -0.1) is 0 Å². The summed E-state index contributed by atoms with van der Waals surface area (Å²) in [6, 6.07) is 11.1. The molecule has 0 bridgehead atoms. The minimum Gasteiger partial charge on any atom is -0.266 e. The molecule has 0 atom stereocenters. The molecule has 0 aliphatic carbocycles. The number of hydrogen-bond donors (Lipinski definition) is 1. The monoisotopic (exact) mass is 270 g/mol. The van der Waals surface area contributed by atoms with Gasteiger partial charge < -0.3 is 0 Å². The van der Waals surface area contributed by atoms with Crippen LogP contribution in [0.25, 0.3) is 6.08 Å². The molecule has 94 valence electrons. The van der Waals surface area contributed by atoms with E-state index in [4.69, 9.17) is 17.5 Å². The molecule has 1 aromatic heterocycles. The van der Waals surface area contributed by atoms with Crippen molar-refractivity contribution in [3.8, 4) is 6.07 Å². The lowest BCUT2D eigenvalue weighted by Gasteiger charge is -2.01. The van der Waals surface area contributed by atoms with Gasteiger partial charge in [-0.05, 0) is 30.8 Å². The van der Waals surface area contributed by atoms with Gasteiger partial charge in [-0.1, -0.05) is 30.3 Å². The van der Waals surface area contributed by atoms with Crippen molar-refractivity contribution in [2.45, 2.75) is 6.92 Å². The number of carbonyl (C=O) groups excluding carboxylic acids is 1. The van der Waals surface area contributed by atoms with E-state index in [0.717, 1.165) is 5.56 Å². The van der Waals surface area contributed by atoms with Crippen LogP contribution in [0.4, 0.5) is 0 Å². The van der Waals surface area contributed by atoms with Gasteiger partial charge in [0, 0.05) is 0 Å². The molecule has 0 aliphatic rings. The summed E-state index contributed by atoms with van der Waals surface area (Å²) in [7, 11) is 0. The lowest BCUT2D eigenvalue weighted by atomic mass is 10.1. The van der Waals surface area contributed by atoms with Crippen molar-refractivity contribution in [2.75, 3.05) is 0 Å². The molecule has 0 aliphatic heterocycles. The summed E-state index contributed by atoms with van der Waals surface area (Å²) >= 11 is 4.85. The zero-order valence-electron chi connectivity index (χ0n) is 10.1. The van der Waals surface area contributed by atoms with Gasteiger partial charge in [0.15, 0.2) is 0 Å². The van der Waals surface area contributed by atoms with Crippen LogP contribution in [0.5, 0.6) is 0 Å². The van der Waals surface area contributed by atoms with Crippen molar-refractivity contribution in [1.29, 1.82) is 5.26 Å². The van der Waals surface area contributed by atoms with Crippen LogP contribution < -0.4 is 0 Å². The second-order valence-corrected chi connectivity index (χ2v) is 4.18. The highest BCUT2D eigenvalue weighted by Gasteiger charge is 2.14. The number of rotatable bonds is 2. The Morgan fingerprint density at radius 2 is 2.16 bits per heavy atom. The second kappa shape index (κ2) is 5.42. The Labute approximate surface area is 114 Å². The summed E-state index contributed by atoms with van der Waals surface area (Å²) in [5.41, 5.74) is 0.793. The highest BCUT2D eigenvalue weighted by molar-refractivity contribution is 7.71. The van der Waals surface area contributed by atoms with E-state index in [-0.39, 0.29) is 10.3 Å². The van der Waals surface area contributed by atoms with Gasteiger partial charge >= 0.3 is 0 Å². The molecule has 0 radical (unpaired) electrons. The maximum Gasteiger partial charge on any atom is 0.288 e. The molecule has 0 unspecified atom stereocenters. The van der Waals surface area contributed by atoms with Crippen molar-refractivity contribution in [2.24, 2.45) is 0 Å². The quantitative estimate of drug-likeness (QED) is 0.517. The fourth-order valence-corrected chi connectivity index (χ4v) is 1.80. The first-order valence-corrected chi connectivity index (χ1v) is 5.90. The van der Waals surface area contributed by atoms with Crippen molar-refractivity contribution >= 4 is 24.2 Å². The zero-order valence-corrected chi connectivity index (χ0v) is 10.9. The third kappa shape index (κ3) is 2.84. The number of aryl methyl sites for hydroxylation is 1. The van der Waals surface area contributed by atoms with Gasteiger partial charge in [-0.25, -0.2) is 9.67 Å². The van der Waals surface area contributed by atoms with E-state index in [1.165, 1.54) is 10.8 Å². The Hall–Kier alpha value is -2.52. The number of benzene rings is 1. The highest BCUT2D eigenvalue weighted by Crippen LogP contribution is 2.08. The first-order valence-electron chi connectivity index (χ1n) is 5.49. The summed E-state index contributed by atoms with van der Waals surface area (Å²) < 4.78 is 1.38. The number of nitrogens with zero attached hydrogens (tertiary/aromatic N) is 3. The normalized spacial score (nSPS) is 11.1. The molecule has 0 amide bonds. The highest BCUT2D eigenvalue weighted by atomic mass is 32.1. The number of carbonyl (C=O) groups is 1. The van der Waals surface area contributed by atoms with E-state index in [2.05, 4.69) is 10.1 Å². The summed E-state index contributed by atoms with van der Waals surface area (Å²) in [5.74, 6) is -0.0586. The Balaban J connectivity index is 2.42. The average Bonchev–Trinajstić information content (AvgIpc) is 2.75. The zero-order chi connectivity index (χ0) is 13.8. The fraction of sp³-hybridized carbons (Fsp3) is 0.0769. The maximum atomic E-state index is 12.2. The molecular formula is C13H10N4OS. The molecule has 0 fully saturated rings. The van der Waals surface area contributed by atoms with E-state index in [1.54, 1.807) is 6.92 Å². The first-order chi connectivity index (χ1) is 9.11. The van der Waals surface area contributed by atoms with Crippen molar-refractivity contribution in [1.82, 2.24) is 14.8 Å². The largest absolute Gasteiger partial charge is 0.288 e. The van der Waals surface area contributed by atoms with Crippen LogP contribution in [0.3, 0.4) is 0 Å². The lowest BCUT2D eigenvalue weighted by Crippen LogP contribution is -2.15. The molecule has 0 saturated heterocycles. The number of aromatic amines is 1. The van der Waals surface area contributed by atoms with Gasteiger partial charge in [-0.2, -0.15) is 5.26 Å². The molecule has 0 saturated carbocycles. The van der Waals surface area contributed by atoms with Gasteiger partial charge in [0.1, 0.15) is 17.5 Å². The molecule has 19 heavy (non-hydrogen) atoms. The van der Waals surface area contributed by atoms with Gasteiger partial charge in [-0.3, -0.25) is 9.89 Å². The minimum absolute atomic E-state index is 0.0120. The van der Waals surface area contributed by atoms with Crippen LogP contribution in [0.2, 0.25) is 0 Å². The maximum absolute atomic E-state index is 12.2. The van der Waals surface area contributed by atoms with E-state index in [9.17, 15) is 4.79 Å². The van der Waals surface area contributed by atoms with Gasteiger partial charge in [0.05, 0.1) is 0 Å². The summed E-state index contributed by atoms with van der Waals surface area (Å²) in [4.78, 5) is 16.1. The Kier molecular flexibility index (Phi) is 3.68. The van der Waals surface area contributed by atoms with Crippen LogP contribution >= 0.6 is 12.2 Å². The summed E-state index contributed by atoms with van der Waals surface area (Å²) in [6.45, 7) is 1.64. The molecule has 1 aromatic carbocycles. The Bertz CT molecular complexity index is 734. The van der Waals surface area contributed by atoms with Gasteiger partial charge in [0.2, 0.25) is 4.77 Å². The Morgan fingerprint density at radius 3 is 2.68 bits per heavy atom. The number of nitrogens with one attached hydrogen (secondary N) is 1. The number of hydrogen-bond acceptors (Lipinski definition) is 4. The molecule has 1 N–H and O–H groups in total. The molecule has 2 rings (SSSR count). The first kappa shape index (κ1) is 12.9. The van der Waals surface area contributed by atoms with Gasteiger partial charge in [0.25, 0.3) is 5.91 Å². The van der Waals surface area contributed by atoms with E-state index >= 15 is 0 Å². The smallest absolute Gasteiger partial charge is 0.266 e. The molecule has 1 heterocycles. The number of aromatic nitrogens is 3. The standard InChI is InChI=1S/C13H10N4OS/c1-9-15-13(19)16-17(9)12(18)11(8-14)7-10-5-3-2-4-6-10/h2-7H,1H3,(H,16,19)/b11-7-. The van der Waals surface area contributed by atoms with Crippen LogP contribution in [0, 0.1) is 23.0 Å². The second-order valence-electron chi connectivity index (χ2n) is 3.80. The van der Waals surface area contributed by atoms with E-state index < -0.39 is 5.91 Å². The van der Waals surface area contributed by atoms with Crippen molar-refractivity contribution in [3.05, 3.63) is 52.1 Å². The van der Waals surface area contributed by atoms with E-state index in [1.807, 2.05) is 36.4 Å². The van der Waals surface area contributed by atoms with Crippen LogP contribution in [-0.2, 0) is 0 Å². The SMILES string of the molecule is Cc1nc(=S)[nH]n1C(=O)/C(C#N)=C\c1ccccc1. The molecule has 6 heteroatoms. The third-order valence-electron chi connectivity index (χ3n) is 2.46. The number of allylic oxidation sites excluding steroid dienone is 1. The van der Waals surface area contributed by atoms with Crippen LogP contribution in [0.15, 0.2) is 35.9 Å². The molecular weight excluding hydrogens is 260 g/mol. The summed E-state index contributed by atoms with van der Waals surface area (Å²) in [5, 5.41) is 11.7. The number of nitriles is 1. The molecule has 5 nitrogen and oxygen atoms in total. The lowest BCUT2D eigenvalue weighted by molar-refractivity contribution is 0.0943.